The number of halogens is 1. The molecule has 3 rings (SSSR count). The van der Waals surface area contributed by atoms with Gasteiger partial charge in [0, 0.05) is 5.92 Å². The largest absolute Gasteiger partial charge is 0.469 e. The van der Waals surface area contributed by atoms with Gasteiger partial charge >= 0.3 is 5.97 Å². The summed E-state index contributed by atoms with van der Waals surface area (Å²) in [6.07, 6.45) is 1.79. The standard InChI is InChI=1S/C14H19ClO4/c1-7-5-13(3)10(11(16)19-4)8(2)9(7)14(18,6-15)12(13)17/h5,8-10,18H,6H2,1-4H3/t8?,9?,10-,13?,14?/m1/s1. The summed E-state index contributed by atoms with van der Waals surface area (Å²) in [5.41, 5.74) is -1.72. The molecule has 0 heterocycles. The van der Waals surface area contributed by atoms with E-state index < -0.39 is 28.8 Å². The molecule has 2 bridgehead atoms. The number of fused-ring (bicyclic) bond motifs is 2. The fourth-order valence-corrected chi connectivity index (χ4v) is 4.45. The van der Waals surface area contributed by atoms with Crippen LogP contribution in [0.2, 0.25) is 0 Å². The van der Waals surface area contributed by atoms with Gasteiger partial charge in [0.05, 0.1) is 24.3 Å². The number of esters is 1. The maximum atomic E-state index is 12.6. The lowest BCUT2D eigenvalue weighted by atomic mass is 9.47. The molecule has 0 radical (unpaired) electrons. The smallest absolute Gasteiger partial charge is 0.310 e. The van der Waals surface area contributed by atoms with Crippen molar-refractivity contribution >= 4 is 23.4 Å². The minimum absolute atomic E-state index is 0.157. The number of carbonyl (C=O) groups is 2. The molecule has 19 heavy (non-hydrogen) atoms. The number of rotatable bonds is 2. The average molecular weight is 287 g/mol. The number of allylic oxidation sites excluding steroid dienone is 1. The molecular formula is C14H19ClO4. The van der Waals surface area contributed by atoms with Crippen molar-refractivity contribution in [3.8, 4) is 0 Å². The fourth-order valence-electron chi connectivity index (χ4n) is 4.16. The number of carbonyl (C=O) groups excluding carboxylic acids is 2. The van der Waals surface area contributed by atoms with Crippen molar-refractivity contribution in [3.05, 3.63) is 11.6 Å². The highest BCUT2D eigenvalue weighted by molar-refractivity contribution is 6.21. The highest BCUT2D eigenvalue weighted by Crippen LogP contribution is 2.57. The summed E-state index contributed by atoms with van der Waals surface area (Å²) < 4.78 is 4.83. The summed E-state index contributed by atoms with van der Waals surface area (Å²) in [4.78, 5) is 24.6. The van der Waals surface area contributed by atoms with E-state index in [1.54, 1.807) is 13.0 Å². The van der Waals surface area contributed by atoms with Crippen LogP contribution in [0.1, 0.15) is 20.8 Å². The van der Waals surface area contributed by atoms with E-state index >= 15 is 0 Å². The van der Waals surface area contributed by atoms with Gasteiger partial charge < -0.3 is 9.84 Å². The van der Waals surface area contributed by atoms with Crippen molar-refractivity contribution < 1.29 is 19.4 Å². The molecule has 3 aliphatic rings. The second kappa shape index (κ2) is 4.32. The minimum Gasteiger partial charge on any atom is -0.469 e. The maximum absolute atomic E-state index is 12.6. The Morgan fingerprint density at radius 2 is 2.16 bits per heavy atom. The quantitative estimate of drug-likeness (QED) is 0.475. The van der Waals surface area contributed by atoms with Crippen LogP contribution in [0.3, 0.4) is 0 Å². The topological polar surface area (TPSA) is 63.6 Å². The third-order valence-corrected chi connectivity index (χ3v) is 5.18. The van der Waals surface area contributed by atoms with Crippen molar-refractivity contribution in [1.82, 2.24) is 0 Å². The molecule has 106 valence electrons. The lowest BCUT2D eigenvalue weighted by molar-refractivity contribution is -0.179. The van der Waals surface area contributed by atoms with Crippen LogP contribution in [-0.2, 0) is 14.3 Å². The molecule has 4 unspecified atom stereocenters. The first kappa shape index (κ1) is 14.5. The van der Waals surface area contributed by atoms with Crippen LogP contribution in [0, 0.1) is 23.2 Å². The van der Waals surface area contributed by atoms with E-state index in [0.29, 0.717) is 0 Å². The van der Waals surface area contributed by atoms with E-state index in [9.17, 15) is 14.7 Å². The zero-order chi connectivity index (χ0) is 14.6. The van der Waals surface area contributed by atoms with Crippen molar-refractivity contribution in [3.63, 3.8) is 0 Å². The maximum Gasteiger partial charge on any atom is 0.310 e. The Morgan fingerprint density at radius 1 is 1.58 bits per heavy atom. The molecule has 1 N–H and O–H groups in total. The van der Waals surface area contributed by atoms with Gasteiger partial charge in [-0.25, -0.2) is 0 Å². The molecule has 0 aliphatic heterocycles. The molecule has 3 aliphatic carbocycles. The summed E-state index contributed by atoms with van der Waals surface area (Å²) in [5.74, 6) is -2.13. The van der Waals surface area contributed by atoms with Gasteiger partial charge in [0.2, 0.25) is 0 Å². The third-order valence-electron chi connectivity index (χ3n) is 4.77. The summed E-state index contributed by atoms with van der Waals surface area (Å²) in [6, 6.07) is 0. The molecule has 0 amide bonds. The molecular weight excluding hydrogens is 268 g/mol. The van der Waals surface area contributed by atoms with Crippen LogP contribution >= 0.6 is 11.6 Å². The van der Waals surface area contributed by atoms with Crippen molar-refractivity contribution in [1.29, 1.82) is 0 Å². The molecule has 1 saturated carbocycles. The molecule has 0 spiro atoms. The predicted molar refractivity (Wildman–Crippen MR) is 70.7 cm³/mol. The fraction of sp³-hybridized carbons (Fsp3) is 0.714. The second-order valence-electron chi connectivity index (χ2n) is 5.90. The van der Waals surface area contributed by atoms with Crippen LogP contribution in [-0.4, -0.2) is 35.4 Å². The monoisotopic (exact) mass is 286 g/mol. The third kappa shape index (κ3) is 1.62. The van der Waals surface area contributed by atoms with Gasteiger partial charge in [-0.05, 0) is 19.8 Å². The van der Waals surface area contributed by atoms with E-state index in [-0.39, 0.29) is 17.6 Å². The average Bonchev–Trinajstić information content (AvgIpc) is 2.34. The highest BCUT2D eigenvalue weighted by atomic mass is 35.5. The molecule has 0 aromatic heterocycles. The first-order valence-electron chi connectivity index (χ1n) is 6.34. The minimum atomic E-state index is -1.58. The number of hydrogen-bond acceptors (Lipinski definition) is 4. The van der Waals surface area contributed by atoms with Crippen LogP contribution in [0.15, 0.2) is 11.6 Å². The number of aliphatic hydroxyl groups is 1. The van der Waals surface area contributed by atoms with Crippen LogP contribution in [0.4, 0.5) is 0 Å². The molecule has 0 aromatic carbocycles. The molecule has 1 fully saturated rings. The predicted octanol–water partition coefficient (Wildman–Crippen LogP) is 1.55. The highest BCUT2D eigenvalue weighted by Gasteiger charge is 2.66. The first-order valence-corrected chi connectivity index (χ1v) is 6.88. The van der Waals surface area contributed by atoms with Gasteiger partial charge in [0.1, 0.15) is 5.60 Å². The first-order chi connectivity index (χ1) is 8.74. The Morgan fingerprint density at radius 3 is 2.63 bits per heavy atom. The number of methoxy groups -OCH3 is 1. The lowest BCUT2D eigenvalue weighted by Gasteiger charge is -2.56. The number of ether oxygens (including phenoxy) is 1. The SMILES string of the molecule is COC(=O)[C@H]1C(C)C2C(C)=CC1(C)C(=O)C2(O)CCl. The normalized spacial score (nSPS) is 45.1. The Bertz CT molecular complexity index is 472. The van der Waals surface area contributed by atoms with Crippen molar-refractivity contribution in [2.45, 2.75) is 26.4 Å². The lowest BCUT2D eigenvalue weighted by Crippen LogP contribution is -2.68. The molecule has 5 heteroatoms. The van der Waals surface area contributed by atoms with E-state index in [0.717, 1.165) is 5.57 Å². The van der Waals surface area contributed by atoms with Crippen LogP contribution < -0.4 is 0 Å². The van der Waals surface area contributed by atoms with E-state index in [1.165, 1.54) is 7.11 Å². The van der Waals surface area contributed by atoms with Gasteiger partial charge in [-0.1, -0.05) is 18.6 Å². The van der Waals surface area contributed by atoms with Crippen molar-refractivity contribution in [2.75, 3.05) is 13.0 Å². The molecule has 5 atom stereocenters. The number of alkyl halides is 1. The summed E-state index contributed by atoms with van der Waals surface area (Å²) in [7, 11) is 1.31. The number of Topliss-reactive ketones (excluding diaryl/α,β-unsaturated/α-hetero) is 1. The van der Waals surface area contributed by atoms with Gasteiger partial charge in [-0.15, -0.1) is 11.6 Å². The summed E-state index contributed by atoms with van der Waals surface area (Å²) in [6.45, 7) is 5.42. The second-order valence-corrected chi connectivity index (χ2v) is 6.16. The van der Waals surface area contributed by atoms with Crippen LogP contribution in [0.25, 0.3) is 0 Å². The zero-order valence-electron chi connectivity index (χ0n) is 11.6. The number of hydrogen-bond donors (Lipinski definition) is 1. The van der Waals surface area contributed by atoms with Crippen molar-refractivity contribution in [2.24, 2.45) is 23.2 Å². The molecule has 0 aromatic rings. The Hall–Kier alpha value is -0.870. The van der Waals surface area contributed by atoms with E-state index in [4.69, 9.17) is 16.3 Å². The molecule has 4 nitrogen and oxygen atoms in total. The summed E-state index contributed by atoms with van der Waals surface area (Å²) >= 11 is 5.85. The van der Waals surface area contributed by atoms with Gasteiger partial charge in [-0.2, -0.15) is 0 Å². The van der Waals surface area contributed by atoms with E-state index in [2.05, 4.69) is 0 Å². The Balaban J connectivity index is 2.62. The van der Waals surface area contributed by atoms with Gasteiger partial charge in [-0.3, -0.25) is 9.59 Å². The van der Waals surface area contributed by atoms with Crippen LogP contribution in [0.5, 0.6) is 0 Å². The zero-order valence-corrected chi connectivity index (χ0v) is 12.3. The summed E-state index contributed by atoms with van der Waals surface area (Å²) in [5, 5.41) is 10.6. The molecule has 0 saturated heterocycles. The van der Waals surface area contributed by atoms with Gasteiger partial charge in [0.15, 0.2) is 5.78 Å². The Labute approximate surface area is 117 Å². The van der Waals surface area contributed by atoms with E-state index in [1.807, 2.05) is 13.8 Å². The Kier molecular flexibility index (Phi) is 3.30. The van der Waals surface area contributed by atoms with Gasteiger partial charge in [0.25, 0.3) is 0 Å². The number of ketones is 1.